The number of anilines is 1. The van der Waals surface area contributed by atoms with Crippen LogP contribution in [0.15, 0.2) is 24.7 Å². The van der Waals surface area contributed by atoms with Crippen LogP contribution in [-0.4, -0.2) is 58.8 Å². The van der Waals surface area contributed by atoms with Gasteiger partial charge in [-0.05, 0) is 12.5 Å². The van der Waals surface area contributed by atoms with Crippen LogP contribution in [0.1, 0.15) is 13.3 Å². The smallest absolute Gasteiger partial charge is 0.322 e. The summed E-state index contributed by atoms with van der Waals surface area (Å²) >= 11 is 0. The Labute approximate surface area is 133 Å². The van der Waals surface area contributed by atoms with E-state index in [4.69, 9.17) is 0 Å². The van der Waals surface area contributed by atoms with Gasteiger partial charge >= 0.3 is 6.03 Å². The van der Waals surface area contributed by atoms with Crippen molar-refractivity contribution in [1.82, 2.24) is 24.2 Å². The molecule has 1 aliphatic rings. The normalized spacial score (nSPS) is 18.5. The number of hydrogen-bond acceptors (Lipinski definition) is 5. The van der Waals surface area contributed by atoms with E-state index in [1.807, 2.05) is 0 Å². The SMILES string of the molecule is CCNS(=O)(=O)C1CCN(C(=O)Nc2cnn3cccnc23)C1. The van der Waals surface area contributed by atoms with Crippen molar-refractivity contribution in [1.29, 1.82) is 0 Å². The van der Waals surface area contributed by atoms with Crippen LogP contribution in [0.5, 0.6) is 0 Å². The topological polar surface area (TPSA) is 109 Å². The number of fused-ring (bicyclic) bond motifs is 1. The summed E-state index contributed by atoms with van der Waals surface area (Å²) in [6.45, 7) is 2.65. The van der Waals surface area contributed by atoms with Crippen molar-refractivity contribution in [2.24, 2.45) is 0 Å². The fourth-order valence-electron chi connectivity index (χ4n) is 2.59. The lowest BCUT2D eigenvalue weighted by atomic mass is 10.4. The number of nitrogens with zero attached hydrogens (tertiary/aromatic N) is 4. The zero-order chi connectivity index (χ0) is 16.4. The van der Waals surface area contributed by atoms with Gasteiger partial charge in [-0.1, -0.05) is 6.92 Å². The summed E-state index contributed by atoms with van der Waals surface area (Å²) in [6, 6.07) is 1.39. The number of carbonyl (C=O) groups excluding carboxylic acids is 1. The van der Waals surface area contributed by atoms with Crippen molar-refractivity contribution >= 4 is 27.4 Å². The largest absolute Gasteiger partial charge is 0.323 e. The standard InChI is InChI=1S/C13H18N6O3S/c1-2-16-23(21,22)10-4-7-18(9-10)13(20)17-11-8-15-19-6-3-5-14-12(11)19/h3,5-6,8,10,16H,2,4,7,9H2,1H3,(H,17,20). The molecule has 0 aromatic carbocycles. The van der Waals surface area contributed by atoms with E-state index in [0.717, 1.165) is 0 Å². The molecule has 2 amide bonds. The van der Waals surface area contributed by atoms with E-state index in [0.29, 0.717) is 30.8 Å². The second kappa shape index (κ2) is 6.13. The number of carbonyl (C=O) groups is 1. The molecule has 23 heavy (non-hydrogen) atoms. The van der Waals surface area contributed by atoms with E-state index in [1.165, 1.54) is 11.1 Å². The molecule has 1 fully saturated rings. The van der Waals surface area contributed by atoms with Crippen molar-refractivity contribution in [3.8, 4) is 0 Å². The molecule has 1 aliphatic heterocycles. The summed E-state index contributed by atoms with van der Waals surface area (Å²) in [5, 5.41) is 6.25. The van der Waals surface area contributed by atoms with E-state index >= 15 is 0 Å². The Hall–Kier alpha value is -2.20. The third-order valence-electron chi connectivity index (χ3n) is 3.74. The Morgan fingerprint density at radius 1 is 1.48 bits per heavy atom. The molecule has 3 rings (SSSR count). The van der Waals surface area contributed by atoms with Gasteiger partial charge < -0.3 is 10.2 Å². The van der Waals surface area contributed by atoms with Gasteiger partial charge in [-0.25, -0.2) is 27.4 Å². The minimum Gasteiger partial charge on any atom is -0.323 e. The van der Waals surface area contributed by atoms with Crippen molar-refractivity contribution in [3.63, 3.8) is 0 Å². The molecule has 1 saturated heterocycles. The van der Waals surface area contributed by atoms with Gasteiger partial charge in [0.05, 0.1) is 11.4 Å². The zero-order valence-electron chi connectivity index (χ0n) is 12.6. The molecule has 0 spiro atoms. The highest BCUT2D eigenvalue weighted by Crippen LogP contribution is 2.19. The Bertz CT molecular complexity index is 818. The van der Waals surface area contributed by atoms with Gasteiger partial charge in [-0.2, -0.15) is 5.10 Å². The maximum Gasteiger partial charge on any atom is 0.322 e. The maximum atomic E-state index is 12.3. The summed E-state index contributed by atoms with van der Waals surface area (Å²) in [6.07, 6.45) is 5.29. The summed E-state index contributed by atoms with van der Waals surface area (Å²) < 4.78 is 28.0. The van der Waals surface area contributed by atoms with Crippen LogP contribution in [0.2, 0.25) is 0 Å². The highest BCUT2D eigenvalue weighted by molar-refractivity contribution is 7.90. The third-order valence-corrected chi connectivity index (χ3v) is 5.69. The van der Waals surface area contributed by atoms with Gasteiger partial charge in [0.2, 0.25) is 10.0 Å². The molecule has 9 nitrogen and oxygen atoms in total. The molecule has 0 saturated carbocycles. The van der Waals surface area contributed by atoms with Crippen molar-refractivity contribution < 1.29 is 13.2 Å². The zero-order valence-corrected chi connectivity index (χ0v) is 13.5. The number of likely N-dealkylation sites (tertiary alicyclic amines) is 1. The molecule has 124 valence electrons. The average molecular weight is 338 g/mol. The Balaban J connectivity index is 1.68. The summed E-state index contributed by atoms with van der Waals surface area (Å²) in [7, 11) is -3.37. The van der Waals surface area contributed by atoms with Crippen molar-refractivity contribution in [3.05, 3.63) is 24.7 Å². The molecular formula is C13H18N6O3S. The first-order chi connectivity index (χ1) is 11.0. The molecule has 0 bridgehead atoms. The van der Waals surface area contributed by atoms with Gasteiger partial charge in [0.15, 0.2) is 5.65 Å². The predicted octanol–water partition coefficient (Wildman–Crippen LogP) is 0.275. The minimum absolute atomic E-state index is 0.174. The van der Waals surface area contributed by atoms with E-state index in [-0.39, 0.29) is 12.6 Å². The number of hydrogen-bond donors (Lipinski definition) is 2. The van der Waals surface area contributed by atoms with Gasteiger partial charge in [0, 0.05) is 32.0 Å². The van der Waals surface area contributed by atoms with E-state index in [1.54, 1.807) is 29.9 Å². The number of nitrogens with one attached hydrogen (secondary N) is 2. The van der Waals surface area contributed by atoms with Crippen LogP contribution in [-0.2, 0) is 10.0 Å². The van der Waals surface area contributed by atoms with Crippen LogP contribution in [0.3, 0.4) is 0 Å². The molecular weight excluding hydrogens is 320 g/mol. The van der Waals surface area contributed by atoms with E-state index in [9.17, 15) is 13.2 Å². The van der Waals surface area contributed by atoms with Crippen LogP contribution < -0.4 is 10.0 Å². The number of amides is 2. The molecule has 0 aliphatic carbocycles. The third kappa shape index (κ3) is 3.13. The summed E-state index contributed by atoms with van der Waals surface area (Å²) in [5.74, 6) is 0. The maximum absolute atomic E-state index is 12.3. The molecule has 2 aromatic rings. The Morgan fingerprint density at radius 2 is 2.30 bits per heavy atom. The fourth-order valence-corrected chi connectivity index (χ4v) is 4.02. The summed E-state index contributed by atoms with van der Waals surface area (Å²) in [5.41, 5.74) is 1.03. The predicted molar refractivity (Wildman–Crippen MR) is 84.6 cm³/mol. The van der Waals surface area contributed by atoms with Crippen LogP contribution in [0.4, 0.5) is 10.5 Å². The second-order valence-electron chi connectivity index (χ2n) is 5.28. The number of rotatable bonds is 4. The average Bonchev–Trinajstić information content (AvgIpc) is 3.15. The first-order valence-electron chi connectivity index (χ1n) is 7.34. The Kier molecular flexibility index (Phi) is 4.18. The highest BCUT2D eigenvalue weighted by atomic mass is 32.2. The lowest BCUT2D eigenvalue weighted by molar-refractivity contribution is 0.222. The first kappa shape index (κ1) is 15.7. The molecule has 3 heterocycles. The number of urea groups is 1. The van der Waals surface area contributed by atoms with Crippen molar-refractivity contribution in [2.75, 3.05) is 25.0 Å². The Morgan fingerprint density at radius 3 is 3.09 bits per heavy atom. The van der Waals surface area contributed by atoms with Gasteiger partial charge in [0.1, 0.15) is 5.69 Å². The molecule has 1 unspecified atom stereocenters. The lowest BCUT2D eigenvalue weighted by Gasteiger charge is -2.17. The number of sulfonamides is 1. The monoisotopic (exact) mass is 338 g/mol. The van der Waals surface area contributed by atoms with Gasteiger partial charge in [0.25, 0.3) is 0 Å². The van der Waals surface area contributed by atoms with E-state index in [2.05, 4.69) is 20.1 Å². The summed E-state index contributed by atoms with van der Waals surface area (Å²) in [4.78, 5) is 18.0. The molecule has 2 aromatic heterocycles. The highest BCUT2D eigenvalue weighted by Gasteiger charge is 2.34. The fraction of sp³-hybridized carbons (Fsp3) is 0.462. The molecule has 1 atom stereocenters. The second-order valence-corrected chi connectivity index (χ2v) is 7.32. The molecule has 0 radical (unpaired) electrons. The van der Waals surface area contributed by atoms with Gasteiger partial charge in [-0.15, -0.1) is 0 Å². The lowest BCUT2D eigenvalue weighted by Crippen LogP contribution is -2.38. The quantitative estimate of drug-likeness (QED) is 0.832. The van der Waals surface area contributed by atoms with Gasteiger partial charge in [-0.3, -0.25) is 0 Å². The number of aromatic nitrogens is 3. The molecule has 2 N–H and O–H groups in total. The van der Waals surface area contributed by atoms with Crippen LogP contribution >= 0.6 is 0 Å². The van der Waals surface area contributed by atoms with Crippen molar-refractivity contribution in [2.45, 2.75) is 18.6 Å². The van der Waals surface area contributed by atoms with E-state index < -0.39 is 15.3 Å². The molecule has 10 heteroatoms. The first-order valence-corrected chi connectivity index (χ1v) is 8.88. The van der Waals surface area contributed by atoms with Crippen LogP contribution in [0.25, 0.3) is 5.65 Å². The van der Waals surface area contributed by atoms with Crippen LogP contribution in [0, 0.1) is 0 Å². The minimum atomic E-state index is -3.37.